The first-order chi connectivity index (χ1) is 8.09. The van der Waals surface area contributed by atoms with Crippen molar-refractivity contribution in [3.8, 4) is 0 Å². The molecule has 7 heteroatoms. The van der Waals surface area contributed by atoms with Gasteiger partial charge in [-0.25, -0.2) is 0 Å². The van der Waals surface area contributed by atoms with Crippen LogP contribution in [0.2, 0.25) is 4.18 Å². The molecule has 1 aromatic rings. The van der Waals surface area contributed by atoms with E-state index in [0.717, 1.165) is 7.51 Å². The van der Waals surface area contributed by atoms with E-state index in [1.807, 2.05) is 18.2 Å². The van der Waals surface area contributed by atoms with E-state index in [9.17, 15) is 0 Å². The molecule has 102 valence electrons. The summed E-state index contributed by atoms with van der Waals surface area (Å²) in [5.41, 5.74) is 12.5. The average molecular weight is 403 g/mol. The molecule has 0 radical (unpaired) electrons. The Kier molecular flexibility index (Phi) is 7.55. The molecule has 4 nitrogen and oxygen atoms in total. The normalized spacial score (nSPS) is 16.9. The predicted octanol–water partition coefficient (Wildman–Crippen LogP) is 2.00. The zero-order chi connectivity index (χ0) is 12.4. The first-order valence-electron chi connectivity index (χ1n) is 5.54. The molecular weight excluding hydrogens is 386 g/mol. The van der Waals surface area contributed by atoms with Gasteiger partial charge in [0.15, 0.2) is 0 Å². The van der Waals surface area contributed by atoms with E-state index in [1.165, 1.54) is 5.56 Å². The van der Waals surface area contributed by atoms with E-state index in [2.05, 4.69) is 18.2 Å². The Balaban J connectivity index is 0.00000162. The van der Waals surface area contributed by atoms with Gasteiger partial charge in [0.05, 0.1) is 0 Å². The van der Waals surface area contributed by atoms with Crippen LogP contribution in [0.5, 0.6) is 0 Å². The molecule has 0 fully saturated rings. The quantitative estimate of drug-likeness (QED) is 0.459. The van der Waals surface area contributed by atoms with E-state index >= 15 is 0 Å². The van der Waals surface area contributed by atoms with Gasteiger partial charge in [-0.3, -0.25) is 0 Å². The van der Waals surface area contributed by atoms with Crippen molar-refractivity contribution in [3.05, 3.63) is 45.3 Å². The number of amidine groups is 2. The van der Waals surface area contributed by atoms with Gasteiger partial charge in [-0.15, -0.1) is 24.8 Å². The monoisotopic (exact) mass is 402 g/mol. The minimum atomic E-state index is -2.44. The number of halogens is 2. The summed E-state index contributed by atoms with van der Waals surface area (Å²) in [6.07, 6.45) is 2.06. The van der Waals surface area contributed by atoms with Crippen molar-refractivity contribution >= 4 is 55.7 Å². The van der Waals surface area contributed by atoms with Crippen LogP contribution >= 0.6 is 24.8 Å². The fourth-order valence-electron chi connectivity index (χ4n) is 2.29. The van der Waals surface area contributed by atoms with Crippen molar-refractivity contribution in [2.75, 3.05) is 0 Å². The molecule has 1 heterocycles. The van der Waals surface area contributed by atoms with Gasteiger partial charge in [0.25, 0.3) is 0 Å². The van der Waals surface area contributed by atoms with Gasteiger partial charge in [0, 0.05) is 0 Å². The first kappa shape index (κ1) is 18.4. The number of hydrogen-bond acceptors (Lipinski definition) is 2. The Morgan fingerprint density at radius 1 is 1.11 bits per heavy atom. The fourth-order valence-corrected chi connectivity index (χ4v) is 9.70. The Morgan fingerprint density at radius 3 is 2.11 bits per heavy atom. The zero-order valence-corrected chi connectivity index (χ0v) is 15.2. The standard InChI is InChI=1S/C11H12N2.CH3N2.2ClH.In/c1-9(7-8-11(12)13)10-5-3-2-4-6-10;2-1-3;;;/h2-7,9H,1H2,(H3,12,13);(H3,2,3);2*1H;. The topological polar surface area (TPSA) is 99.7 Å². The fraction of sp³-hybridized carbons (Fsp3) is 0.167. The second-order valence-corrected chi connectivity index (χ2v) is 12.3. The van der Waals surface area contributed by atoms with Gasteiger partial charge in [-0.05, 0) is 0 Å². The third kappa shape index (κ3) is 4.16. The van der Waals surface area contributed by atoms with Crippen molar-refractivity contribution in [3.63, 3.8) is 0 Å². The maximum absolute atomic E-state index is 7.65. The van der Waals surface area contributed by atoms with Gasteiger partial charge in [-0.2, -0.15) is 0 Å². The van der Waals surface area contributed by atoms with Crippen LogP contribution in [0.4, 0.5) is 0 Å². The number of nitrogens with one attached hydrogen (secondary N) is 2. The molecule has 0 spiro atoms. The van der Waals surface area contributed by atoms with Crippen molar-refractivity contribution in [1.29, 1.82) is 10.8 Å². The maximum atomic E-state index is 7.65. The second kappa shape index (κ2) is 7.82. The Morgan fingerprint density at radius 2 is 1.68 bits per heavy atom. The van der Waals surface area contributed by atoms with Gasteiger partial charge < -0.3 is 0 Å². The number of benzene rings is 1. The molecule has 1 atom stereocenters. The van der Waals surface area contributed by atoms with Crippen LogP contribution in [0.3, 0.4) is 0 Å². The predicted molar refractivity (Wildman–Crippen MR) is 86.2 cm³/mol. The molecule has 1 aromatic carbocycles. The molecular formula is C12H17Cl2InN4. The number of allylic oxidation sites excluding steroid dienone is 1. The third-order valence-electron chi connectivity index (χ3n) is 3.16. The average Bonchev–Trinajstić information content (AvgIpc) is 2.75. The van der Waals surface area contributed by atoms with E-state index in [4.69, 9.17) is 22.3 Å². The van der Waals surface area contributed by atoms with Crippen LogP contribution in [-0.4, -0.2) is 30.9 Å². The van der Waals surface area contributed by atoms with Crippen LogP contribution in [0.1, 0.15) is 11.5 Å². The molecule has 0 bridgehead atoms. The van der Waals surface area contributed by atoms with E-state index in [0.29, 0.717) is 9.51 Å². The summed E-state index contributed by atoms with van der Waals surface area (Å²) in [4.78, 5) is 0. The van der Waals surface area contributed by atoms with Crippen LogP contribution in [0, 0.1) is 10.8 Å². The number of nitrogens with two attached hydrogens (primary N) is 2. The van der Waals surface area contributed by atoms with Crippen LogP contribution in [0.15, 0.2) is 39.7 Å². The molecule has 1 aliphatic rings. The summed E-state index contributed by atoms with van der Waals surface area (Å²) < 4.78 is 2.13. The van der Waals surface area contributed by atoms with Crippen molar-refractivity contribution < 1.29 is 0 Å². The molecule has 0 amide bonds. The zero-order valence-electron chi connectivity index (χ0n) is 10.3. The molecule has 0 saturated heterocycles. The van der Waals surface area contributed by atoms with E-state index < -0.39 is 21.4 Å². The third-order valence-corrected chi connectivity index (χ3v) is 11.7. The SMILES string of the molecule is Cl.Cl.N=C(N)[C]1=CC(c2ccccc2)[CH2][In]1[C](=N)N. The summed E-state index contributed by atoms with van der Waals surface area (Å²) in [6, 6.07) is 10.2. The summed E-state index contributed by atoms with van der Waals surface area (Å²) in [7, 11) is 0. The van der Waals surface area contributed by atoms with Gasteiger partial charge in [0.2, 0.25) is 0 Å². The first-order valence-corrected chi connectivity index (χ1v) is 11.2. The van der Waals surface area contributed by atoms with E-state index in [-0.39, 0.29) is 30.6 Å². The van der Waals surface area contributed by atoms with Gasteiger partial charge in [0.1, 0.15) is 0 Å². The van der Waals surface area contributed by atoms with Crippen LogP contribution < -0.4 is 11.5 Å². The van der Waals surface area contributed by atoms with Crippen molar-refractivity contribution in [2.24, 2.45) is 11.5 Å². The number of hydrogen-bond donors (Lipinski definition) is 4. The van der Waals surface area contributed by atoms with Gasteiger partial charge >= 0.3 is 109 Å². The summed E-state index contributed by atoms with van der Waals surface area (Å²) >= 11 is -2.44. The number of rotatable bonds is 3. The minimum absolute atomic E-state index is 0. The van der Waals surface area contributed by atoms with Crippen molar-refractivity contribution in [1.82, 2.24) is 0 Å². The Labute approximate surface area is 133 Å². The van der Waals surface area contributed by atoms with Crippen LogP contribution in [0.25, 0.3) is 0 Å². The molecule has 19 heavy (non-hydrogen) atoms. The summed E-state index contributed by atoms with van der Waals surface area (Å²) in [5.74, 6) is 0.402. The van der Waals surface area contributed by atoms with Crippen molar-refractivity contribution in [2.45, 2.75) is 10.1 Å². The molecule has 6 N–H and O–H groups in total. The summed E-state index contributed by atoms with van der Waals surface area (Å²) in [5, 5.41) is 15.2. The Hall–Kier alpha value is -0.650. The molecule has 0 aromatic heterocycles. The summed E-state index contributed by atoms with van der Waals surface area (Å²) in [6.45, 7) is 0. The Bertz CT molecular complexity index is 490. The molecule has 0 saturated carbocycles. The molecule has 1 unspecified atom stereocenters. The molecule has 0 aliphatic carbocycles. The molecule has 1 aliphatic heterocycles. The van der Waals surface area contributed by atoms with E-state index in [1.54, 1.807) is 0 Å². The second-order valence-electron chi connectivity index (χ2n) is 4.30. The van der Waals surface area contributed by atoms with Crippen LogP contribution in [-0.2, 0) is 0 Å². The van der Waals surface area contributed by atoms with Gasteiger partial charge in [-0.1, -0.05) is 0 Å². The molecule has 2 rings (SSSR count).